The van der Waals surface area contributed by atoms with Crippen LogP contribution < -0.4 is 4.90 Å². The van der Waals surface area contributed by atoms with Gasteiger partial charge in [-0.05, 0) is 18.2 Å². The highest BCUT2D eigenvalue weighted by Gasteiger charge is 2.43. The van der Waals surface area contributed by atoms with E-state index >= 15 is 0 Å². The molecule has 0 aromatic carbocycles. The minimum atomic E-state index is -4.55. The molecule has 0 saturated carbocycles. The minimum absolute atomic E-state index is 0.0773. The van der Waals surface area contributed by atoms with E-state index in [-0.39, 0.29) is 17.0 Å². The van der Waals surface area contributed by atoms with Crippen molar-refractivity contribution in [2.45, 2.75) is 12.2 Å². The Balaban J connectivity index is 1.86. The van der Waals surface area contributed by atoms with Crippen LogP contribution in [0.15, 0.2) is 58.7 Å². The summed E-state index contributed by atoms with van der Waals surface area (Å²) in [6.45, 7) is -1.41. The van der Waals surface area contributed by atoms with Crippen LogP contribution in [0.5, 0.6) is 0 Å². The Hall–Kier alpha value is -3.10. The molecule has 2 aromatic heterocycles. The summed E-state index contributed by atoms with van der Waals surface area (Å²) >= 11 is 0. The van der Waals surface area contributed by atoms with Crippen molar-refractivity contribution < 1.29 is 18.0 Å². The highest BCUT2D eigenvalue weighted by Crippen LogP contribution is 2.43. The first-order valence-electron chi connectivity index (χ1n) is 7.34. The molecule has 2 aliphatic rings. The van der Waals surface area contributed by atoms with Crippen LogP contribution >= 0.6 is 0 Å². The summed E-state index contributed by atoms with van der Waals surface area (Å²) in [6.07, 6.45) is -0.282. The molecule has 1 unspecified atom stereocenters. The summed E-state index contributed by atoms with van der Waals surface area (Å²) in [6, 6.07) is 5.92. The van der Waals surface area contributed by atoms with Crippen LogP contribution in [0.2, 0.25) is 0 Å². The van der Waals surface area contributed by atoms with E-state index in [0.29, 0.717) is 16.2 Å². The number of hydrogen-bond donors (Lipinski definition) is 0. The fraction of sp³-hybridized carbons (Fsp3) is 0.188. The van der Waals surface area contributed by atoms with Gasteiger partial charge in [0.1, 0.15) is 12.6 Å². The van der Waals surface area contributed by atoms with E-state index in [1.807, 2.05) is 0 Å². The number of carbonyl (C=O) groups is 1. The molecule has 0 aliphatic carbocycles. The van der Waals surface area contributed by atoms with Crippen molar-refractivity contribution in [2.75, 3.05) is 11.4 Å². The fourth-order valence-corrected chi connectivity index (χ4v) is 2.83. The molecule has 0 N–H and O–H groups in total. The normalized spacial score (nSPS) is 18.8. The number of halogens is 3. The van der Waals surface area contributed by atoms with Crippen molar-refractivity contribution in [1.82, 2.24) is 9.97 Å². The Morgan fingerprint density at radius 3 is 2.76 bits per heavy atom. The Bertz CT molecular complexity index is 908. The van der Waals surface area contributed by atoms with Gasteiger partial charge in [-0.2, -0.15) is 23.4 Å². The Morgan fingerprint density at radius 1 is 1.20 bits per heavy atom. The third-order valence-electron chi connectivity index (χ3n) is 3.91. The average molecular weight is 345 g/mol. The molecule has 1 amide bonds. The number of azo groups is 1. The van der Waals surface area contributed by atoms with Gasteiger partial charge in [0.15, 0.2) is 0 Å². The number of rotatable bonds is 2. The maximum Gasteiger partial charge on any atom is 0.406 e. The smallest absolute Gasteiger partial charge is 0.297 e. The molecule has 0 radical (unpaired) electrons. The van der Waals surface area contributed by atoms with Crippen molar-refractivity contribution >= 4 is 11.6 Å². The van der Waals surface area contributed by atoms with Crippen molar-refractivity contribution in [3.05, 3.63) is 54.1 Å². The first-order valence-corrected chi connectivity index (χ1v) is 7.34. The van der Waals surface area contributed by atoms with Gasteiger partial charge < -0.3 is 0 Å². The van der Waals surface area contributed by atoms with E-state index in [4.69, 9.17) is 0 Å². The van der Waals surface area contributed by atoms with E-state index in [0.717, 1.165) is 0 Å². The van der Waals surface area contributed by atoms with Crippen LogP contribution in [0.25, 0.3) is 11.3 Å². The number of carbonyl (C=O) groups excluding carboxylic acids is 1. The van der Waals surface area contributed by atoms with Crippen LogP contribution in [0.4, 0.5) is 18.9 Å². The molecular formula is C16H10F3N5O. The van der Waals surface area contributed by atoms with E-state index in [1.54, 1.807) is 24.4 Å². The third kappa shape index (κ3) is 2.67. The van der Waals surface area contributed by atoms with Gasteiger partial charge in [0.05, 0.1) is 28.8 Å². The number of hydrogen-bond acceptors (Lipinski definition) is 5. The molecule has 4 heterocycles. The monoisotopic (exact) mass is 345 g/mol. The van der Waals surface area contributed by atoms with E-state index < -0.39 is 24.7 Å². The topological polar surface area (TPSA) is 70.8 Å². The standard InChI is InChI=1S/C16H10F3N5O/c17-16(18,19)8-24-12-5-9(11-3-1-2-4-20-11)6-21-14(12)13-10(15(24)25)7-22-23-13/h1-7,13H,8H2. The van der Waals surface area contributed by atoms with Crippen molar-refractivity contribution in [1.29, 1.82) is 0 Å². The molecule has 0 fully saturated rings. The summed E-state index contributed by atoms with van der Waals surface area (Å²) in [4.78, 5) is 21.6. The molecule has 4 rings (SSSR count). The van der Waals surface area contributed by atoms with Gasteiger partial charge in [0.25, 0.3) is 5.91 Å². The molecule has 126 valence electrons. The Labute approximate surface area is 139 Å². The number of aromatic nitrogens is 2. The van der Waals surface area contributed by atoms with Gasteiger partial charge >= 0.3 is 6.18 Å². The molecule has 2 aromatic rings. The summed E-state index contributed by atoms with van der Waals surface area (Å²) in [5.74, 6) is -0.764. The van der Waals surface area contributed by atoms with Crippen LogP contribution in [0.3, 0.4) is 0 Å². The van der Waals surface area contributed by atoms with Crippen molar-refractivity contribution in [3.63, 3.8) is 0 Å². The van der Waals surface area contributed by atoms with Gasteiger partial charge in [-0.25, -0.2) is 0 Å². The lowest BCUT2D eigenvalue weighted by Gasteiger charge is -2.32. The Morgan fingerprint density at radius 2 is 2.04 bits per heavy atom. The van der Waals surface area contributed by atoms with Gasteiger partial charge in [0, 0.05) is 18.0 Å². The molecule has 2 aliphatic heterocycles. The number of anilines is 1. The van der Waals surface area contributed by atoms with Gasteiger partial charge in [0.2, 0.25) is 0 Å². The maximum absolute atomic E-state index is 13.0. The van der Waals surface area contributed by atoms with Crippen LogP contribution in [0, 0.1) is 0 Å². The van der Waals surface area contributed by atoms with E-state index in [1.165, 1.54) is 18.5 Å². The number of fused-ring (bicyclic) bond motifs is 3. The molecular weight excluding hydrogens is 335 g/mol. The third-order valence-corrected chi connectivity index (χ3v) is 3.91. The number of amides is 1. The van der Waals surface area contributed by atoms with Crippen molar-refractivity contribution in [3.8, 4) is 11.3 Å². The number of nitrogens with zero attached hydrogens (tertiary/aromatic N) is 5. The average Bonchev–Trinajstić information content (AvgIpc) is 3.08. The van der Waals surface area contributed by atoms with Gasteiger partial charge in [-0.1, -0.05) is 6.07 Å². The highest BCUT2D eigenvalue weighted by molar-refractivity contribution is 6.09. The molecule has 0 saturated heterocycles. The predicted octanol–water partition coefficient (Wildman–Crippen LogP) is 3.44. The second-order valence-corrected chi connectivity index (χ2v) is 5.57. The quantitative estimate of drug-likeness (QED) is 0.837. The molecule has 25 heavy (non-hydrogen) atoms. The first kappa shape index (κ1) is 15.4. The SMILES string of the molecule is O=C1C2=CN=NC2c2ncc(-c3ccccn3)cc2N1CC(F)(F)F. The number of alkyl halides is 3. The fourth-order valence-electron chi connectivity index (χ4n) is 2.83. The van der Waals surface area contributed by atoms with Gasteiger partial charge in [-0.3, -0.25) is 19.7 Å². The lowest BCUT2D eigenvalue weighted by atomic mass is 9.96. The molecule has 9 heteroatoms. The molecule has 0 spiro atoms. The summed E-state index contributed by atoms with van der Waals surface area (Å²) in [7, 11) is 0. The summed E-state index contributed by atoms with van der Waals surface area (Å²) in [5.41, 5.74) is 1.51. The largest absolute Gasteiger partial charge is 0.406 e. The van der Waals surface area contributed by atoms with Crippen molar-refractivity contribution in [2.24, 2.45) is 10.2 Å². The number of pyridine rings is 2. The second kappa shape index (κ2) is 5.47. The molecule has 6 nitrogen and oxygen atoms in total. The molecule has 0 bridgehead atoms. The zero-order valence-corrected chi connectivity index (χ0v) is 12.6. The summed E-state index contributed by atoms with van der Waals surface area (Å²) in [5, 5.41) is 7.58. The summed E-state index contributed by atoms with van der Waals surface area (Å²) < 4.78 is 38.9. The Kier molecular flexibility index (Phi) is 3.38. The maximum atomic E-state index is 13.0. The zero-order valence-electron chi connectivity index (χ0n) is 12.6. The lowest BCUT2D eigenvalue weighted by molar-refractivity contribution is -0.130. The second-order valence-electron chi connectivity index (χ2n) is 5.57. The van der Waals surface area contributed by atoms with Crippen LogP contribution in [-0.4, -0.2) is 28.6 Å². The first-order chi connectivity index (χ1) is 11.9. The van der Waals surface area contributed by atoms with Crippen LogP contribution in [-0.2, 0) is 4.79 Å². The lowest BCUT2D eigenvalue weighted by Crippen LogP contribution is -2.43. The van der Waals surface area contributed by atoms with E-state index in [2.05, 4.69) is 20.2 Å². The predicted molar refractivity (Wildman–Crippen MR) is 81.6 cm³/mol. The minimum Gasteiger partial charge on any atom is -0.297 e. The van der Waals surface area contributed by atoms with Gasteiger partial charge in [-0.15, -0.1) is 0 Å². The van der Waals surface area contributed by atoms with E-state index in [9.17, 15) is 18.0 Å². The zero-order chi connectivity index (χ0) is 17.6. The van der Waals surface area contributed by atoms with Crippen LogP contribution in [0.1, 0.15) is 11.7 Å². The highest BCUT2D eigenvalue weighted by atomic mass is 19.4. The molecule has 1 atom stereocenters.